The molecule has 0 aliphatic carbocycles. The van der Waals surface area contributed by atoms with Crippen LogP contribution in [0.3, 0.4) is 0 Å². The average molecular weight is 322 g/mol. The van der Waals surface area contributed by atoms with Gasteiger partial charge in [-0.3, -0.25) is 19.9 Å². The maximum Gasteiger partial charge on any atom is 0.258 e. The van der Waals surface area contributed by atoms with Crippen LogP contribution < -0.4 is 11.1 Å². The molecule has 1 aromatic carbocycles. The summed E-state index contributed by atoms with van der Waals surface area (Å²) >= 11 is 0. The lowest BCUT2D eigenvalue weighted by Gasteiger charge is -2.04. The summed E-state index contributed by atoms with van der Waals surface area (Å²) in [5.74, 6) is -1.25. The zero-order valence-electron chi connectivity index (χ0n) is 12.8. The first-order chi connectivity index (χ1) is 11.6. The maximum absolute atomic E-state index is 12.3. The van der Waals surface area contributed by atoms with Gasteiger partial charge in [0, 0.05) is 23.5 Å². The van der Waals surface area contributed by atoms with Crippen molar-refractivity contribution in [3.05, 3.63) is 65.5 Å². The van der Waals surface area contributed by atoms with Gasteiger partial charge in [-0.15, -0.1) is 0 Å². The number of aryl methyl sites for hydroxylation is 1. The summed E-state index contributed by atoms with van der Waals surface area (Å²) in [6, 6.07) is 10.3. The molecule has 0 saturated carbocycles. The van der Waals surface area contributed by atoms with Gasteiger partial charge in [0.25, 0.3) is 11.8 Å². The van der Waals surface area contributed by atoms with Crippen LogP contribution >= 0.6 is 0 Å². The highest BCUT2D eigenvalue weighted by Gasteiger charge is 2.24. The summed E-state index contributed by atoms with van der Waals surface area (Å²) in [5.41, 5.74) is 7.76. The highest BCUT2D eigenvalue weighted by Crippen LogP contribution is 2.28. The first-order valence-corrected chi connectivity index (χ1v) is 7.14. The SMILES string of the molecule is Cc1ccc(C(=O)Nc2onc(-c3ccncc3)c2C(N)=O)cc1. The number of anilines is 1. The van der Waals surface area contributed by atoms with Crippen LogP contribution in [0, 0.1) is 6.92 Å². The molecule has 3 aromatic rings. The number of primary amides is 1. The molecule has 7 nitrogen and oxygen atoms in total. The Hall–Kier alpha value is -3.48. The monoisotopic (exact) mass is 322 g/mol. The van der Waals surface area contributed by atoms with Crippen molar-refractivity contribution in [2.45, 2.75) is 6.92 Å². The average Bonchev–Trinajstić information content (AvgIpc) is 3.00. The number of nitrogens with zero attached hydrogens (tertiary/aromatic N) is 2. The fourth-order valence-corrected chi connectivity index (χ4v) is 2.19. The molecule has 120 valence electrons. The van der Waals surface area contributed by atoms with Crippen molar-refractivity contribution in [2.24, 2.45) is 5.73 Å². The quantitative estimate of drug-likeness (QED) is 0.766. The smallest absolute Gasteiger partial charge is 0.258 e. The van der Waals surface area contributed by atoms with E-state index in [1.165, 1.54) is 0 Å². The van der Waals surface area contributed by atoms with Crippen molar-refractivity contribution in [2.75, 3.05) is 5.32 Å². The molecule has 7 heteroatoms. The highest BCUT2D eigenvalue weighted by molar-refractivity contribution is 6.09. The molecular weight excluding hydrogens is 308 g/mol. The van der Waals surface area contributed by atoms with Gasteiger partial charge in [-0.2, -0.15) is 0 Å². The number of amides is 2. The van der Waals surface area contributed by atoms with E-state index in [9.17, 15) is 9.59 Å². The number of pyridine rings is 1. The predicted molar refractivity (Wildman–Crippen MR) is 87.4 cm³/mol. The zero-order chi connectivity index (χ0) is 17.1. The largest absolute Gasteiger partial charge is 0.365 e. The van der Waals surface area contributed by atoms with Crippen LogP contribution in [0.5, 0.6) is 0 Å². The van der Waals surface area contributed by atoms with Crippen LogP contribution in [-0.2, 0) is 0 Å². The molecule has 2 aromatic heterocycles. The Morgan fingerprint density at radius 2 is 1.75 bits per heavy atom. The molecule has 24 heavy (non-hydrogen) atoms. The van der Waals surface area contributed by atoms with Crippen molar-refractivity contribution < 1.29 is 14.1 Å². The highest BCUT2D eigenvalue weighted by atomic mass is 16.5. The number of nitrogens with two attached hydrogens (primary N) is 1. The minimum atomic E-state index is -0.748. The normalized spacial score (nSPS) is 10.4. The standard InChI is InChI=1S/C17H14N4O3/c1-10-2-4-12(5-3-10)16(23)20-17-13(15(18)22)14(21-24-17)11-6-8-19-9-7-11/h2-9H,1H3,(H2,18,22)(H,20,23). The van der Waals surface area contributed by atoms with Gasteiger partial charge in [0.1, 0.15) is 11.3 Å². The van der Waals surface area contributed by atoms with Crippen molar-refractivity contribution in [3.8, 4) is 11.3 Å². The summed E-state index contributed by atoms with van der Waals surface area (Å²) in [5, 5.41) is 6.38. The molecule has 2 heterocycles. The number of nitrogens with one attached hydrogen (secondary N) is 1. The Labute approximate surface area is 137 Å². The Morgan fingerprint density at radius 1 is 1.08 bits per heavy atom. The van der Waals surface area contributed by atoms with Crippen molar-refractivity contribution >= 4 is 17.7 Å². The molecule has 0 aliphatic rings. The third-order valence-electron chi connectivity index (χ3n) is 3.43. The Kier molecular flexibility index (Phi) is 4.07. The second-order valence-electron chi connectivity index (χ2n) is 5.16. The van der Waals surface area contributed by atoms with Gasteiger partial charge in [-0.05, 0) is 31.2 Å². The summed E-state index contributed by atoms with van der Waals surface area (Å²) in [6.07, 6.45) is 3.11. The number of aromatic nitrogens is 2. The van der Waals surface area contributed by atoms with E-state index in [4.69, 9.17) is 10.3 Å². The van der Waals surface area contributed by atoms with E-state index >= 15 is 0 Å². The third kappa shape index (κ3) is 3.00. The summed E-state index contributed by atoms with van der Waals surface area (Å²) in [4.78, 5) is 28.0. The first kappa shape index (κ1) is 15.4. The topological polar surface area (TPSA) is 111 Å². The minimum Gasteiger partial charge on any atom is -0.365 e. The lowest BCUT2D eigenvalue weighted by atomic mass is 10.1. The van der Waals surface area contributed by atoms with Crippen molar-refractivity contribution in [3.63, 3.8) is 0 Å². The molecule has 0 unspecified atom stereocenters. The third-order valence-corrected chi connectivity index (χ3v) is 3.43. The van der Waals surface area contributed by atoms with E-state index in [2.05, 4.69) is 15.5 Å². The number of hydrogen-bond acceptors (Lipinski definition) is 5. The van der Waals surface area contributed by atoms with Gasteiger partial charge in [0.2, 0.25) is 5.88 Å². The van der Waals surface area contributed by atoms with Crippen LogP contribution in [0.2, 0.25) is 0 Å². The second-order valence-corrected chi connectivity index (χ2v) is 5.16. The van der Waals surface area contributed by atoms with Crippen LogP contribution in [-0.4, -0.2) is 22.0 Å². The molecule has 0 radical (unpaired) electrons. The first-order valence-electron chi connectivity index (χ1n) is 7.14. The van der Waals surface area contributed by atoms with Crippen LogP contribution in [0.15, 0.2) is 53.3 Å². The van der Waals surface area contributed by atoms with E-state index in [-0.39, 0.29) is 17.1 Å². The van der Waals surface area contributed by atoms with E-state index in [1.807, 2.05) is 19.1 Å². The van der Waals surface area contributed by atoms with Crippen molar-refractivity contribution in [1.29, 1.82) is 0 Å². The van der Waals surface area contributed by atoms with Gasteiger partial charge in [-0.25, -0.2) is 0 Å². The molecule has 0 spiro atoms. The summed E-state index contributed by atoms with van der Waals surface area (Å²) in [6.45, 7) is 1.92. The molecule has 0 atom stereocenters. The minimum absolute atomic E-state index is 0.0154. The van der Waals surface area contributed by atoms with Gasteiger partial charge < -0.3 is 10.3 Å². The fraction of sp³-hybridized carbons (Fsp3) is 0.0588. The van der Waals surface area contributed by atoms with E-state index in [0.29, 0.717) is 11.1 Å². The molecule has 3 rings (SSSR count). The Balaban J connectivity index is 1.94. The molecule has 0 bridgehead atoms. The lowest BCUT2D eigenvalue weighted by Crippen LogP contribution is -2.17. The number of hydrogen-bond donors (Lipinski definition) is 2. The van der Waals surface area contributed by atoms with Crippen LogP contribution in [0.1, 0.15) is 26.3 Å². The number of carbonyl (C=O) groups is 2. The number of carbonyl (C=O) groups excluding carboxylic acids is 2. The lowest BCUT2D eigenvalue weighted by molar-refractivity contribution is 0.100. The second kappa shape index (κ2) is 6.33. The zero-order valence-corrected chi connectivity index (χ0v) is 12.8. The van der Waals surface area contributed by atoms with E-state index in [1.54, 1.807) is 36.7 Å². The van der Waals surface area contributed by atoms with E-state index in [0.717, 1.165) is 5.56 Å². The molecule has 2 amide bonds. The Morgan fingerprint density at radius 3 is 2.38 bits per heavy atom. The van der Waals surface area contributed by atoms with Gasteiger partial charge in [0.05, 0.1) is 0 Å². The Bertz CT molecular complexity index is 886. The molecule has 0 saturated heterocycles. The summed E-state index contributed by atoms with van der Waals surface area (Å²) < 4.78 is 5.12. The van der Waals surface area contributed by atoms with Gasteiger partial charge in [0.15, 0.2) is 0 Å². The summed E-state index contributed by atoms with van der Waals surface area (Å²) in [7, 11) is 0. The molecular formula is C17H14N4O3. The fourth-order valence-electron chi connectivity index (χ4n) is 2.19. The number of benzene rings is 1. The van der Waals surface area contributed by atoms with Gasteiger partial charge in [-0.1, -0.05) is 22.9 Å². The van der Waals surface area contributed by atoms with Crippen LogP contribution in [0.4, 0.5) is 5.88 Å². The molecule has 0 aliphatic heterocycles. The van der Waals surface area contributed by atoms with Crippen molar-refractivity contribution in [1.82, 2.24) is 10.1 Å². The van der Waals surface area contributed by atoms with Gasteiger partial charge >= 0.3 is 0 Å². The maximum atomic E-state index is 12.3. The predicted octanol–water partition coefficient (Wildman–Crippen LogP) is 2.40. The van der Waals surface area contributed by atoms with E-state index < -0.39 is 11.8 Å². The molecule has 0 fully saturated rings. The molecule has 3 N–H and O–H groups in total. The number of rotatable bonds is 4. The van der Waals surface area contributed by atoms with Crippen LogP contribution in [0.25, 0.3) is 11.3 Å².